The lowest BCUT2D eigenvalue weighted by molar-refractivity contribution is 0.0994. The summed E-state index contributed by atoms with van der Waals surface area (Å²) < 4.78 is 0. The first-order chi connectivity index (χ1) is 8.54. The molecule has 0 aliphatic carbocycles. The van der Waals surface area contributed by atoms with E-state index in [1.54, 1.807) is 12.1 Å². The van der Waals surface area contributed by atoms with Crippen molar-refractivity contribution in [1.29, 1.82) is 5.26 Å². The molecule has 6 nitrogen and oxygen atoms in total. The van der Waals surface area contributed by atoms with Crippen molar-refractivity contribution in [3.05, 3.63) is 17.8 Å². The molecule has 0 atom stereocenters. The Morgan fingerprint density at radius 3 is 2.67 bits per heavy atom. The predicted octanol–water partition coefficient (Wildman–Crippen LogP) is 0.952. The molecule has 96 valence electrons. The van der Waals surface area contributed by atoms with Crippen molar-refractivity contribution >= 4 is 11.7 Å². The standard InChI is InChI=1S/C12H17N5O/c1-9(2)8-17(7-3-6-13)11-5-4-10(12(14)18)15-16-11/h4-5,9H,3,7-8H2,1-2H3,(H2,14,18). The Hall–Kier alpha value is -2.16. The number of carbonyl (C=O) groups is 1. The van der Waals surface area contributed by atoms with Crippen LogP contribution in [-0.4, -0.2) is 29.2 Å². The van der Waals surface area contributed by atoms with Crippen LogP contribution in [0.2, 0.25) is 0 Å². The number of nitriles is 1. The van der Waals surface area contributed by atoms with Gasteiger partial charge in [-0.3, -0.25) is 4.79 Å². The van der Waals surface area contributed by atoms with Crippen molar-refractivity contribution in [3.8, 4) is 6.07 Å². The molecular weight excluding hydrogens is 230 g/mol. The van der Waals surface area contributed by atoms with E-state index in [4.69, 9.17) is 11.0 Å². The third kappa shape index (κ3) is 4.01. The first-order valence-electron chi connectivity index (χ1n) is 5.80. The Balaban J connectivity index is 2.84. The maximum absolute atomic E-state index is 10.9. The summed E-state index contributed by atoms with van der Waals surface area (Å²) in [4.78, 5) is 12.9. The smallest absolute Gasteiger partial charge is 0.269 e. The van der Waals surface area contributed by atoms with Crippen LogP contribution in [0.4, 0.5) is 5.82 Å². The van der Waals surface area contributed by atoms with E-state index in [1.807, 2.05) is 4.90 Å². The third-order valence-electron chi connectivity index (χ3n) is 2.31. The van der Waals surface area contributed by atoms with E-state index in [0.717, 1.165) is 6.54 Å². The van der Waals surface area contributed by atoms with Crippen molar-refractivity contribution in [2.45, 2.75) is 20.3 Å². The van der Waals surface area contributed by atoms with Crippen LogP contribution in [0.1, 0.15) is 30.8 Å². The molecule has 0 fully saturated rings. The summed E-state index contributed by atoms with van der Waals surface area (Å²) in [5.74, 6) is 0.506. The third-order valence-corrected chi connectivity index (χ3v) is 2.31. The number of anilines is 1. The SMILES string of the molecule is CC(C)CN(CCC#N)c1ccc(C(N)=O)nn1. The predicted molar refractivity (Wildman–Crippen MR) is 67.8 cm³/mol. The van der Waals surface area contributed by atoms with Crippen LogP contribution in [0, 0.1) is 17.2 Å². The highest BCUT2D eigenvalue weighted by Gasteiger charge is 2.11. The fourth-order valence-corrected chi connectivity index (χ4v) is 1.55. The molecule has 1 heterocycles. The Kier molecular flexibility index (Phi) is 5.06. The molecule has 0 aliphatic heterocycles. The molecule has 0 radical (unpaired) electrons. The van der Waals surface area contributed by atoms with Crippen LogP contribution in [0.5, 0.6) is 0 Å². The normalized spacial score (nSPS) is 10.1. The molecule has 1 rings (SSSR count). The number of carbonyl (C=O) groups excluding carboxylic acids is 1. The number of nitrogens with two attached hydrogens (primary N) is 1. The van der Waals surface area contributed by atoms with E-state index in [9.17, 15) is 4.79 Å². The van der Waals surface area contributed by atoms with Gasteiger partial charge in [-0.1, -0.05) is 13.8 Å². The van der Waals surface area contributed by atoms with Crippen LogP contribution >= 0.6 is 0 Å². The zero-order valence-corrected chi connectivity index (χ0v) is 10.6. The summed E-state index contributed by atoms with van der Waals surface area (Å²) in [7, 11) is 0. The summed E-state index contributed by atoms with van der Waals surface area (Å²) in [5, 5.41) is 16.4. The topological polar surface area (TPSA) is 95.9 Å². The number of primary amides is 1. The van der Waals surface area contributed by atoms with Gasteiger partial charge in [-0.2, -0.15) is 5.26 Å². The van der Waals surface area contributed by atoms with Crippen LogP contribution in [0.15, 0.2) is 12.1 Å². The molecule has 0 saturated heterocycles. The largest absolute Gasteiger partial charge is 0.364 e. The van der Waals surface area contributed by atoms with E-state index < -0.39 is 5.91 Å². The molecule has 0 saturated carbocycles. The second kappa shape index (κ2) is 6.55. The molecular formula is C12H17N5O. The van der Waals surface area contributed by atoms with E-state index in [1.165, 1.54) is 0 Å². The molecule has 1 aromatic heterocycles. The molecule has 0 spiro atoms. The zero-order chi connectivity index (χ0) is 13.5. The van der Waals surface area contributed by atoms with Gasteiger partial charge < -0.3 is 10.6 Å². The highest BCUT2D eigenvalue weighted by atomic mass is 16.1. The number of rotatable bonds is 6. The van der Waals surface area contributed by atoms with E-state index in [2.05, 4.69) is 30.1 Å². The van der Waals surface area contributed by atoms with Gasteiger partial charge in [0.2, 0.25) is 0 Å². The minimum Gasteiger partial charge on any atom is -0.364 e. The second-order valence-electron chi connectivity index (χ2n) is 4.39. The lowest BCUT2D eigenvalue weighted by Crippen LogP contribution is -2.30. The van der Waals surface area contributed by atoms with E-state index >= 15 is 0 Å². The van der Waals surface area contributed by atoms with Gasteiger partial charge in [0.1, 0.15) is 0 Å². The maximum atomic E-state index is 10.9. The lowest BCUT2D eigenvalue weighted by Gasteiger charge is -2.24. The molecule has 0 aromatic carbocycles. The Morgan fingerprint density at radius 1 is 1.50 bits per heavy atom. The zero-order valence-electron chi connectivity index (χ0n) is 10.6. The quantitative estimate of drug-likeness (QED) is 0.807. The van der Waals surface area contributed by atoms with Crippen molar-refractivity contribution in [1.82, 2.24) is 10.2 Å². The fraction of sp³-hybridized carbons (Fsp3) is 0.500. The highest BCUT2D eigenvalue weighted by Crippen LogP contribution is 2.12. The summed E-state index contributed by atoms with van der Waals surface area (Å²) in [6.45, 7) is 5.56. The van der Waals surface area contributed by atoms with Crippen LogP contribution in [-0.2, 0) is 0 Å². The van der Waals surface area contributed by atoms with Crippen molar-refractivity contribution in [2.24, 2.45) is 11.7 Å². The number of amides is 1. The first-order valence-corrected chi connectivity index (χ1v) is 5.80. The molecule has 18 heavy (non-hydrogen) atoms. The van der Waals surface area contributed by atoms with Gasteiger partial charge in [0.15, 0.2) is 11.5 Å². The Morgan fingerprint density at radius 2 is 2.22 bits per heavy atom. The minimum absolute atomic E-state index is 0.142. The molecule has 1 amide bonds. The van der Waals surface area contributed by atoms with Gasteiger partial charge in [-0.25, -0.2) is 0 Å². The van der Waals surface area contributed by atoms with Gasteiger partial charge in [0.05, 0.1) is 12.5 Å². The van der Waals surface area contributed by atoms with Gasteiger partial charge in [-0.05, 0) is 18.1 Å². The Labute approximate surface area is 106 Å². The summed E-state index contributed by atoms with van der Waals surface area (Å²) in [5.41, 5.74) is 5.24. The number of nitrogens with zero attached hydrogens (tertiary/aromatic N) is 4. The van der Waals surface area contributed by atoms with Gasteiger partial charge in [0.25, 0.3) is 5.91 Å². The van der Waals surface area contributed by atoms with Gasteiger partial charge in [0, 0.05) is 13.1 Å². The van der Waals surface area contributed by atoms with Crippen LogP contribution in [0.25, 0.3) is 0 Å². The minimum atomic E-state index is -0.596. The number of hydrogen-bond donors (Lipinski definition) is 1. The average Bonchev–Trinajstić information content (AvgIpc) is 2.34. The molecule has 1 aromatic rings. The summed E-state index contributed by atoms with van der Waals surface area (Å²) in [6, 6.07) is 5.35. The van der Waals surface area contributed by atoms with Crippen LogP contribution < -0.4 is 10.6 Å². The van der Waals surface area contributed by atoms with Gasteiger partial charge in [-0.15, -0.1) is 10.2 Å². The van der Waals surface area contributed by atoms with E-state index in [-0.39, 0.29) is 5.69 Å². The molecule has 0 bridgehead atoms. The van der Waals surface area contributed by atoms with Crippen molar-refractivity contribution in [2.75, 3.05) is 18.0 Å². The monoisotopic (exact) mass is 247 g/mol. The first kappa shape index (κ1) is 13.9. The molecule has 6 heteroatoms. The number of hydrogen-bond acceptors (Lipinski definition) is 5. The highest BCUT2D eigenvalue weighted by molar-refractivity contribution is 5.90. The molecule has 0 unspecified atom stereocenters. The summed E-state index contributed by atoms with van der Waals surface area (Å²) >= 11 is 0. The van der Waals surface area contributed by atoms with E-state index in [0.29, 0.717) is 24.7 Å². The summed E-state index contributed by atoms with van der Waals surface area (Å²) in [6.07, 6.45) is 0.423. The molecule has 2 N–H and O–H groups in total. The van der Waals surface area contributed by atoms with Crippen LogP contribution in [0.3, 0.4) is 0 Å². The second-order valence-corrected chi connectivity index (χ2v) is 4.39. The van der Waals surface area contributed by atoms with Gasteiger partial charge >= 0.3 is 0 Å². The lowest BCUT2D eigenvalue weighted by atomic mass is 10.2. The van der Waals surface area contributed by atoms with Crippen molar-refractivity contribution < 1.29 is 4.79 Å². The average molecular weight is 247 g/mol. The maximum Gasteiger partial charge on any atom is 0.269 e. The number of aromatic nitrogens is 2. The van der Waals surface area contributed by atoms with Crippen molar-refractivity contribution in [3.63, 3.8) is 0 Å². The fourth-order valence-electron chi connectivity index (χ4n) is 1.55. The molecule has 0 aliphatic rings. The Bertz CT molecular complexity index is 435.